The fourth-order valence-corrected chi connectivity index (χ4v) is 2.05. The van der Waals surface area contributed by atoms with Gasteiger partial charge in [-0.15, -0.1) is 0 Å². The van der Waals surface area contributed by atoms with Crippen molar-refractivity contribution in [1.82, 2.24) is 10.2 Å². The molecule has 94 valence electrons. The summed E-state index contributed by atoms with van der Waals surface area (Å²) in [6.45, 7) is 4.02. The van der Waals surface area contributed by atoms with Crippen LogP contribution in [0.15, 0.2) is 4.99 Å². The van der Waals surface area contributed by atoms with Crippen molar-refractivity contribution < 1.29 is 5.11 Å². The minimum Gasteiger partial charge on any atom is -0.387 e. The van der Waals surface area contributed by atoms with Crippen molar-refractivity contribution in [2.24, 2.45) is 4.99 Å². The first-order chi connectivity index (χ1) is 7.49. The molecule has 0 aromatic carbocycles. The molecule has 0 fully saturated rings. The number of likely N-dealkylation sites (N-methyl/N-ethyl adjacent to an activating group) is 1. The van der Waals surface area contributed by atoms with Crippen molar-refractivity contribution in [2.45, 2.75) is 38.2 Å². The van der Waals surface area contributed by atoms with Gasteiger partial charge in [-0.05, 0) is 33.9 Å². The highest BCUT2D eigenvalue weighted by atomic mass is 16.3. The largest absolute Gasteiger partial charge is 0.387 e. The molecule has 1 aliphatic heterocycles. The second-order valence-electron chi connectivity index (χ2n) is 5.23. The highest BCUT2D eigenvalue weighted by Gasteiger charge is 2.21. The molecule has 1 heterocycles. The Bertz CT molecular complexity index is 236. The zero-order valence-electron chi connectivity index (χ0n) is 10.8. The maximum Gasteiger partial charge on any atom is 0.0964 e. The van der Waals surface area contributed by atoms with Crippen LogP contribution in [0.3, 0.4) is 0 Å². The van der Waals surface area contributed by atoms with Gasteiger partial charge in [0.2, 0.25) is 0 Å². The summed E-state index contributed by atoms with van der Waals surface area (Å²) < 4.78 is 0. The molecule has 0 saturated heterocycles. The van der Waals surface area contributed by atoms with Crippen molar-refractivity contribution in [2.75, 3.05) is 33.7 Å². The van der Waals surface area contributed by atoms with Crippen LogP contribution in [0.2, 0.25) is 0 Å². The second-order valence-corrected chi connectivity index (χ2v) is 5.23. The Labute approximate surface area is 98.7 Å². The molecule has 4 heteroatoms. The summed E-state index contributed by atoms with van der Waals surface area (Å²) in [6, 6.07) is 0. The fraction of sp³-hybridized carbons (Fsp3) is 0.917. The third kappa shape index (κ3) is 5.47. The molecule has 4 nitrogen and oxygen atoms in total. The van der Waals surface area contributed by atoms with E-state index in [-0.39, 0.29) is 0 Å². The summed E-state index contributed by atoms with van der Waals surface area (Å²) >= 11 is 0. The zero-order chi connectivity index (χ0) is 12.0. The van der Waals surface area contributed by atoms with E-state index in [0.29, 0.717) is 13.1 Å². The van der Waals surface area contributed by atoms with Gasteiger partial charge in [0.05, 0.1) is 11.4 Å². The fourth-order valence-electron chi connectivity index (χ4n) is 2.05. The van der Waals surface area contributed by atoms with E-state index in [1.807, 2.05) is 25.9 Å². The van der Waals surface area contributed by atoms with Crippen LogP contribution in [-0.4, -0.2) is 55.2 Å². The van der Waals surface area contributed by atoms with E-state index in [1.54, 1.807) is 0 Å². The molecule has 1 aliphatic rings. The lowest BCUT2D eigenvalue weighted by molar-refractivity contribution is 0.0378. The zero-order valence-corrected chi connectivity index (χ0v) is 10.8. The molecule has 0 amide bonds. The molecule has 0 aliphatic carbocycles. The van der Waals surface area contributed by atoms with Crippen LogP contribution in [-0.2, 0) is 0 Å². The predicted molar refractivity (Wildman–Crippen MR) is 68.0 cm³/mol. The molecule has 1 atom stereocenters. The summed E-state index contributed by atoms with van der Waals surface area (Å²) in [5.41, 5.74) is -0.696. The molecule has 1 rings (SSSR count). The smallest absolute Gasteiger partial charge is 0.0964 e. The molecule has 0 saturated carbocycles. The summed E-state index contributed by atoms with van der Waals surface area (Å²) in [4.78, 5) is 6.48. The Hall–Kier alpha value is -0.610. The Balaban J connectivity index is 2.34. The van der Waals surface area contributed by atoms with Gasteiger partial charge in [-0.25, -0.2) is 0 Å². The highest BCUT2D eigenvalue weighted by Crippen LogP contribution is 2.08. The number of aliphatic hydroxyl groups is 1. The van der Waals surface area contributed by atoms with Crippen molar-refractivity contribution in [3.8, 4) is 0 Å². The first-order valence-corrected chi connectivity index (χ1v) is 6.14. The number of rotatable bonds is 4. The predicted octanol–water partition coefficient (Wildman–Crippen LogP) is 0.861. The second kappa shape index (κ2) is 6.21. The Morgan fingerprint density at radius 2 is 2.12 bits per heavy atom. The maximum absolute atomic E-state index is 10.1. The van der Waals surface area contributed by atoms with Crippen LogP contribution in [0.4, 0.5) is 0 Å². The Morgan fingerprint density at radius 3 is 2.81 bits per heavy atom. The van der Waals surface area contributed by atoms with Crippen LogP contribution >= 0.6 is 0 Å². The van der Waals surface area contributed by atoms with Gasteiger partial charge in [-0.2, -0.15) is 0 Å². The van der Waals surface area contributed by atoms with Crippen LogP contribution in [0, 0.1) is 0 Å². The summed E-state index contributed by atoms with van der Waals surface area (Å²) in [7, 11) is 3.94. The Morgan fingerprint density at radius 1 is 1.38 bits per heavy atom. The van der Waals surface area contributed by atoms with E-state index in [4.69, 9.17) is 0 Å². The Kier molecular flexibility index (Phi) is 5.22. The first kappa shape index (κ1) is 13.5. The number of nitrogens with zero attached hydrogens (tertiary/aromatic N) is 2. The van der Waals surface area contributed by atoms with Gasteiger partial charge in [0, 0.05) is 26.1 Å². The van der Waals surface area contributed by atoms with Gasteiger partial charge in [-0.1, -0.05) is 6.42 Å². The van der Waals surface area contributed by atoms with Gasteiger partial charge in [0.25, 0.3) is 0 Å². The molecule has 1 unspecified atom stereocenters. The van der Waals surface area contributed by atoms with E-state index in [9.17, 15) is 5.11 Å². The number of amidine groups is 1. The van der Waals surface area contributed by atoms with E-state index < -0.39 is 5.60 Å². The van der Waals surface area contributed by atoms with Gasteiger partial charge >= 0.3 is 0 Å². The van der Waals surface area contributed by atoms with Crippen molar-refractivity contribution in [1.29, 1.82) is 0 Å². The van der Waals surface area contributed by atoms with E-state index in [2.05, 4.69) is 10.3 Å². The third-order valence-electron chi connectivity index (χ3n) is 2.70. The number of nitrogens with one attached hydrogen (secondary N) is 1. The first-order valence-electron chi connectivity index (χ1n) is 6.14. The standard InChI is InChI=1S/C12H25N3O/c1-12(16,10-15(2)3)9-14-11-7-5-4-6-8-13-11/h16H,4-10H2,1-3H3,(H,13,14). The molecule has 16 heavy (non-hydrogen) atoms. The normalized spacial score (nSPS) is 21.2. The lowest BCUT2D eigenvalue weighted by Gasteiger charge is -2.27. The van der Waals surface area contributed by atoms with Crippen LogP contribution in [0.5, 0.6) is 0 Å². The number of hydrogen-bond acceptors (Lipinski definition) is 4. The highest BCUT2D eigenvalue weighted by molar-refractivity contribution is 5.82. The molecule has 0 aromatic heterocycles. The van der Waals surface area contributed by atoms with Gasteiger partial charge < -0.3 is 15.3 Å². The average molecular weight is 227 g/mol. The summed E-state index contributed by atoms with van der Waals surface area (Å²) in [5.74, 6) is 1.07. The van der Waals surface area contributed by atoms with E-state index >= 15 is 0 Å². The number of hydrogen-bond donors (Lipinski definition) is 2. The SMILES string of the molecule is CN(C)CC(C)(O)CNC1=NCCCCC1. The molecular weight excluding hydrogens is 202 g/mol. The minimum absolute atomic E-state index is 0.573. The van der Waals surface area contributed by atoms with Crippen LogP contribution in [0.25, 0.3) is 0 Å². The van der Waals surface area contributed by atoms with Gasteiger partial charge in [0.15, 0.2) is 0 Å². The molecule has 0 bridgehead atoms. The van der Waals surface area contributed by atoms with E-state index in [0.717, 1.165) is 18.8 Å². The van der Waals surface area contributed by atoms with Gasteiger partial charge in [-0.3, -0.25) is 4.99 Å². The topological polar surface area (TPSA) is 47.9 Å². The maximum atomic E-state index is 10.1. The molecular formula is C12H25N3O. The summed E-state index contributed by atoms with van der Waals surface area (Å²) in [5, 5.41) is 13.4. The van der Waals surface area contributed by atoms with Crippen LogP contribution in [0.1, 0.15) is 32.6 Å². The molecule has 2 N–H and O–H groups in total. The minimum atomic E-state index is -0.696. The monoisotopic (exact) mass is 227 g/mol. The van der Waals surface area contributed by atoms with Gasteiger partial charge in [0.1, 0.15) is 0 Å². The van der Waals surface area contributed by atoms with Crippen molar-refractivity contribution in [3.05, 3.63) is 0 Å². The lowest BCUT2D eigenvalue weighted by Crippen LogP contribution is -2.47. The number of aliphatic imine (C=N–C) groups is 1. The molecule has 0 radical (unpaired) electrons. The quantitative estimate of drug-likeness (QED) is 0.749. The summed E-state index contributed by atoms with van der Waals surface area (Å²) in [6.07, 6.45) is 4.70. The van der Waals surface area contributed by atoms with Crippen molar-refractivity contribution >= 4 is 5.84 Å². The van der Waals surface area contributed by atoms with Crippen LogP contribution < -0.4 is 5.32 Å². The average Bonchev–Trinajstić information content (AvgIpc) is 2.40. The van der Waals surface area contributed by atoms with Crippen molar-refractivity contribution in [3.63, 3.8) is 0 Å². The molecule has 0 aromatic rings. The third-order valence-corrected chi connectivity index (χ3v) is 2.70. The molecule has 0 spiro atoms. The van der Waals surface area contributed by atoms with E-state index in [1.165, 1.54) is 19.3 Å². The lowest BCUT2D eigenvalue weighted by atomic mass is 10.1.